The first-order valence-corrected chi connectivity index (χ1v) is 5.55. The number of hydrogen-bond donors (Lipinski definition) is 1. The summed E-state index contributed by atoms with van der Waals surface area (Å²) in [5.74, 6) is 0.704. The highest BCUT2D eigenvalue weighted by Crippen LogP contribution is 2.10. The van der Waals surface area contributed by atoms with E-state index in [2.05, 4.69) is 25.0 Å². The fourth-order valence-electron chi connectivity index (χ4n) is 1.14. The Bertz CT molecular complexity index is 414. The number of nitrogens with one attached hydrogen (secondary N) is 1. The lowest BCUT2D eigenvalue weighted by Crippen LogP contribution is -2.10. The molecule has 1 N–H and O–H groups in total. The Kier molecular flexibility index (Phi) is 3.78. The normalized spacial score (nSPS) is 10.6. The first-order valence-electron chi connectivity index (χ1n) is 4.78. The highest BCUT2D eigenvalue weighted by atomic mass is 32.1. The third-order valence-corrected chi connectivity index (χ3v) is 2.54. The minimum Gasteiger partial charge on any atom is -0.377 e. The summed E-state index contributed by atoms with van der Waals surface area (Å²) in [4.78, 5) is 4.24. The fourth-order valence-corrected chi connectivity index (χ4v) is 1.74. The zero-order valence-electron chi connectivity index (χ0n) is 8.83. The Balaban J connectivity index is 1.76. The summed E-state index contributed by atoms with van der Waals surface area (Å²) in [5.41, 5.74) is 0. The van der Waals surface area contributed by atoms with Crippen molar-refractivity contribution < 1.29 is 4.74 Å². The Morgan fingerprint density at radius 3 is 3.25 bits per heavy atom. The zero-order chi connectivity index (χ0) is 11.2. The van der Waals surface area contributed by atoms with Crippen LogP contribution in [0.15, 0.2) is 12.4 Å². The molecule has 0 radical (unpaired) electrons. The molecule has 0 aliphatic carbocycles. The van der Waals surface area contributed by atoms with Gasteiger partial charge in [0.15, 0.2) is 5.82 Å². The Labute approximate surface area is 96.6 Å². The maximum absolute atomic E-state index is 4.94. The van der Waals surface area contributed by atoms with Crippen molar-refractivity contribution in [1.82, 2.24) is 24.4 Å². The van der Waals surface area contributed by atoms with Crippen LogP contribution >= 0.6 is 11.5 Å². The monoisotopic (exact) mass is 240 g/mol. The summed E-state index contributed by atoms with van der Waals surface area (Å²) in [6.07, 6.45) is 3.47. The van der Waals surface area contributed by atoms with Crippen LogP contribution in [0.5, 0.6) is 0 Å². The SMILES string of the molecule is COCc1nsc(NCCn2ccnn2)n1. The molecule has 0 fully saturated rings. The predicted molar refractivity (Wildman–Crippen MR) is 59.1 cm³/mol. The number of ether oxygens (including phenoxy) is 1. The molecule has 0 aliphatic rings. The quantitative estimate of drug-likeness (QED) is 0.787. The molecule has 0 bridgehead atoms. The van der Waals surface area contributed by atoms with Crippen molar-refractivity contribution >= 4 is 16.7 Å². The Morgan fingerprint density at radius 2 is 2.50 bits per heavy atom. The summed E-state index contributed by atoms with van der Waals surface area (Å²) in [5, 5.41) is 11.5. The number of nitrogens with zero attached hydrogens (tertiary/aromatic N) is 5. The molecule has 7 nitrogen and oxygen atoms in total. The van der Waals surface area contributed by atoms with Crippen LogP contribution in [0.4, 0.5) is 5.13 Å². The Morgan fingerprint density at radius 1 is 1.56 bits per heavy atom. The average molecular weight is 240 g/mol. The first-order chi connectivity index (χ1) is 7.88. The summed E-state index contributed by atoms with van der Waals surface area (Å²) >= 11 is 1.33. The van der Waals surface area contributed by atoms with Gasteiger partial charge in [0.05, 0.1) is 12.7 Å². The van der Waals surface area contributed by atoms with Crippen LogP contribution in [-0.2, 0) is 17.9 Å². The molecule has 86 valence electrons. The van der Waals surface area contributed by atoms with Gasteiger partial charge in [-0.25, -0.2) is 4.98 Å². The van der Waals surface area contributed by atoms with Crippen LogP contribution in [0.1, 0.15) is 5.82 Å². The highest BCUT2D eigenvalue weighted by Gasteiger charge is 2.02. The molecular formula is C8H12N6OS. The van der Waals surface area contributed by atoms with Gasteiger partial charge in [0, 0.05) is 31.4 Å². The molecule has 0 aromatic carbocycles. The second-order valence-electron chi connectivity index (χ2n) is 3.04. The van der Waals surface area contributed by atoms with Gasteiger partial charge in [-0.05, 0) is 0 Å². The summed E-state index contributed by atoms with van der Waals surface area (Å²) in [6, 6.07) is 0. The standard InChI is InChI=1S/C8H12N6OS/c1-15-6-7-11-8(16-12-7)9-2-4-14-5-3-10-13-14/h3,5H,2,4,6H2,1H3,(H,9,11,12). The molecule has 0 unspecified atom stereocenters. The molecule has 16 heavy (non-hydrogen) atoms. The summed E-state index contributed by atoms with van der Waals surface area (Å²) < 4.78 is 10.8. The smallest absolute Gasteiger partial charge is 0.202 e. The minimum absolute atomic E-state index is 0.446. The van der Waals surface area contributed by atoms with Crippen molar-refractivity contribution in [2.45, 2.75) is 13.2 Å². The van der Waals surface area contributed by atoms with E-state index < -0.39 is 0 Å². The van der Waals surface area contributed by atoms with Crippen LogP contribution in [0.3, 0.4) is 0 Å². The predicted octanol–water partition coefficient (Wildman–Crippen LogP) is 0.388. The third-order valence-electron chi connectivity index (χ3n) is 1.83. The van der Waals surface area contributed by atoms with Crippen molar-refractivity contribution in [3.8, 4) is 0 Å². The van der Waals surface area contributed by atoms with E-state index in [4.69, 9.17) is 4.74 Å². The van der Waals surface area contributed by atoms with Crippen molar-refractivity contribution in [1.29, 1.82) is 0 Å². The molecule has 2 aromatic rings. The van der Waals surface area contributed by atoms with Gasteiger partial charge >= 0.3 is 0 Å². The number of rotatable bonds is 6. The van der Waals surface area contributed by atoms with Crippen molar-refractivity contribution in [2.75, 3.05) is 19.0 Å². The van der Waals surface area contributed by atoms with Crippen molar-refractivity contribution in [3.63, 3.8) is 0 Å². The zero-order valence-corrected chi connectivity index (χ0v) is 9.65. The van der Waals surface area contributed by atoms with E-state index in [1.54, 1.807) is 18.0 Å². The number of methoxy groups -OCH3 is 1. The van der Waals surface area contributed by atoms with Gasteiger partial charge in [-0.2, -0.15) is 4.37 Å². The van der Waals surface area contributed by atoms with Crippen molar-refractivity contribution in [3.05, 3.63) is 18.2 Å². The lowest BCUT2D eigenvalue weighted by Gasteiger charge is -2.00. The molecule has 0 saturated carbocycles. The molecular weight excluding hydrogens is 228 g/mol. The van der Waals surface area contributed by atoms with Gasteiger partial charge in [0.25, 0.3) is 0 Å². The molecule has 0 atom stereocenters. The molecule has 2 heterocycles. The van der Waals surface area contributed by atoms with E-state index in [1.807, 2.05) is 6.20 Å². The maximum atomic E-state index is 4.94. The highest BCUT2D eigenvalue weighted by molar-refractivity contribution is 7.09. The van der Waals surface area contributed by atoms with Crippen LogP contribution < -0.4 is 5.32 Å². The number of anilines is 1. The molecule has 0 amide bonds. The lowest BCUT2D eigenvalue weighted by molar-refractivity contribution is 0.179. The van der Waals surface area contributed by atoms with E-state index in [1.165, 1.54) is 11.5 Å². The van der Waals surface area contributed by atoms with Gasteiger partial charge in [-0.15, -0.1) is 5.10 Å². The second kappa shape index (κ2) is 5.52. The van der Waals surface area contributed by atoms with Gasteiger partial charge in [0.2, 0.25) is 5.13 Å². The van der Waals surface area contributed by atoms with Gasteiger partial charge in [-0.3, -0.25) is 4.68 Å². The maximum Gasteiger partial charge on any atom is 0.202 e. The molecule has 2 aromatic heterocycles. The number of aromatic nitrogens is 5. The van der Waals surface area contributed by atoms with Crippen molar-refractivity contribution in [2.24, 2.45) is 0 Å². The van der Waals surface area contributed by atoms with Crippen LogP contribution in [-0.4, -0.2) is 38.0 Å². The largest absolute Gasteiger partial charge is 0.377 e. The Hall–Kier alpha value is -1.54. The van der Waals surface area contributed by atoms with E-state index in [-0.39, 0.29) is 0 Å². The van der Waals surface area contributed by atoms with Crippen LogP contribution in [0.25, 0.3) is 0 Å². The summed E-state index contributed by atoms with van der Waals surface area (Å²) in [7, 11) is 1.62. The average Bonchev–Trinajstić information content (AvgIpc) is 2.90. The van der Waals surface area contributed by atoms with Crippen LogP contribution in [0, 0.1) is 0 Å². The number of hydrogen-bond acceptors (Lipinski definition) is 7. The topological polar surface area (TPSA) is 77.8 Å². The summed E-state index contributed by atoms with van der Waals surface area (Å²) in [6.45, 7) is 1.94. The molecule has 2 rings (SSSR count). The van der Waals surface area contributed by atoms with Gasteiger partial charge in [0.1, 0.15) is 6.61 Å². The lowest BCUT2D eigenvalue weighted by atomic mass is 10.6. The van der Waals surface area contributed by atoms with Gasteiger partial charge in [-0.1, -0.05) is 5.21 Å². The minimum atomic E-state index is 0.446. The first kappa shape index (κ1) is 11.0. The fraction of sp³-hybridized carbons (Fsp3) is 0.500. The van der Waals surface area contributed by atoms with Crippen LogP contribution in [0.2, 0.25) is 0 Å². The van der Waals surface area contributed by atoms with E-state index in [9.17, 15) is 0 Å². The van der Waals surface area contributed by atoms with E-state index in [0.717, 1.165) is 18.2 Å². The molecule has 0 spiro atoms. The van der Waals surface area contributed by atoms with E-state index >= 15 is 0 Å². The van der Waals surface area contributed by atoms with Gasteiger partial charge < -0.3 is 10.1 Å². The molecule has 0 saturated heterocycles. The molecule has 8 heteroatoms. The van der Waals surface area contributed by atoms with E-state index in [0.29, 0.717) is 12.4 Å². The third kappa shape index (κ3) is 2.97. The molecule has 0 aliphatic heterocycles. The second-order valence-corrected chi connectivity index (χ2v) is 3.79.